The predicted molar refractivity (Wildman–Crippen MR) is 140 cm³/mol. The maximum atomic E-state index is 14.0. The summed E-state index contributed by atoms with van der Waals surface area (Å²) in [5.74, 6) is -0.633. The average Bonchev–Trinajstić information content (AvgIpc) is 3.58. The molecule has 0 bridgehead atoms. The molecule has 5 rings (SSSR count). The van der Waals surface area contributed by atoms with E-state index >= 15 is 0 Å². The molecular weight excluding hydrogens is 469 g/mol. The van der Waals surface area contributed by atoms with Gasteiger partial charge in [0, 0.05) is 24.3 Å². The molecule has 0 saturated heterocycles. The van der Waals surface area contributed by atoms with Crippen molar-refractivity contribution in [3.8, 4) is 16.9 Å². The van der Waals surface area contributed by atoms with Gasteiger partial charge in [0.25, 0.3) is 0 Å². The van der Waals surface area contributed by atoms with E-state index in [0.717, 1.165) is 47.3 Å². The molecule has 0 unspecified atom stereocenters. The van der Waals surface area contributed by atoms with Crippen LogP contribution in [0.2, 0.25) is 0 Å². The Kier molecular flexibility index (Phi) is 6.57. The summed E-state index contributed by atoms with van der Waals surface area (Å²) in [6.45, 7) is 6.69. The number of aliphatic carboxylic acids is 1. The molecule has 5 nitrogen and oxygen atoms in total. The first-order valence-corrected chi connectivity index (χ1v) is 12.9. The molecule has 0 amide bonds. The van der Waals surface area contributed by atoms with Crippen LogP contribution < -0.4 is 4.74 Å². The van der Waals surface area contributed by atoms with Gasteiger partial charge in [-0.3, -0.25) is 9.78 Å². The highest BCUT2D eigenvalue weighted by Crippen LogP contribution is 2.60. The van der Waals surface area contributed by atoms with Gasteiger partial charge in [-0.2, -0.15) is 0 Å². The molecule has 194 valence electrons. The molecule has 1 heterocycles. The second-order valence-corrected chi connectivity index (χ2v) is 11.5. The van der Waals surface area contributed by atoms with E-state index in [4.69, 9.17) is 9.47 Å². The van der Waals surface area contributed by atoms with Gasteiger partial charge in [0.1, 0.15) is 18.2 Å². The van der Waals surface area contributed by atoms with E-state index in [0.29, 0.717) is 18.6 Å². The van der Waals surface area contributed by atoms with Gasteiger partial charge in [0.2, 0.25) is 0 Å². The first-order valence-electron chi connectivity index (χ1n) is 12.9. The Morgan fingerprint density at radius 1 is 1.19 bits per heavy atom. The number of fused-ring (bicyclic) bond motifs is 2. The topological polar surface area (TPSA) is 68.7 Å². The monoisotopic (exact) mass is 503 g/mol. The van der Waals surface area contributed by atoms with Crippen molar-refractivity contribution < 1.29 is 23.8 Å². The Bertz CT molecular complexity index is 1330. The van der Waals surface area contributed by atoms with Crippen molar-refractivity contribution in [1.29, 1.82) is 0 Å². The lowest BCUT2D eigenvalue weighted by Crippen LogP contribution is -2.21. The maximum absolute atomic E-state index is 14.0. The second kappa shape index (κ2) is 9.56. The van der Waals surface area contributed by atoms with Crippen LogP contribution in [0.15, 0.2) is 54.9 Å². The molecule has 1 fully saturated rings. The molecule has 2 aliphatic rings. The summed E-state index contributed by atoms with van der Waals surface area (Å²) < 4.78 is 26.2. The number of halogens is 1. The van der Waals surface area contributed by atoms with Crippen LogP contribution in [0.5, 0.6) is 5.75 Å². The highest BCUT2D eigenvalue weighted by atomic mass is 19.1. The van der Waals surface area contributed by atoms with Crippen molar-refractivity contribution in [1.82, 2.24) is 4.98 Å². The third-order valence-electron chi connectivity index (χ3n) is 7.90. The second-order valence-electron chi connectivity index (χ2n) is 11.5. The number of ether oxygens (including phenoxy) is 2. The number of methoxy groups -OCH3 is 1. The van der Waals surface area contributed by atoms with Crippen LogP contribution in [0.4, 0.5) is 4.39 Å². The molecular formula is C31H34FNO4. The summed E-state index contributed by atoms with van der Waals surface area (Å²) in [7, 11) is 1.69. The van der Waals surface area contributed by atoms with Crippen LogP contribution in [0, 0.1) is 17.2 Å². The zero-order valence-corrected chi connectivity index (χ0v) is 21.9. The summed E-state index contributed by atoms with van der Waals surface area (Å²) >= 11 is 0. The van der Waals surface area contributed by atoms with Gasteiger partial charge in [0.05, 0.1) is 18.2 Å². The molecule has 0 radical (unpaired) electrons. The quantitative estimate of drug-likeness (QED) is 0.381. The fraction of sp³-hybridized carbons (Fsp3) is 0.419. The minimum Gasteiger partial charge on any atom is -0.489 e. The summed E-state index contributed by atoms with van der Waals surface area (Å²) in [4.78, 5) is 15.7. The Morgan fingerprint density at radius 2 is 2.00 bits per heavy atom. The van der Waals surface area contributed by atoms with E-state index in [1.54, 1.807) is 13.3 Å². The number of benzene rings is 2. The molecule has 1 saturated carbocycles. The van der Waals surface area contributed by atoms with Crippen molar-refractivity contribution in [2.24, 2.45) is 11.3 Å². The first-order chi connectivity index (χ1) is 17.6. The van der Waals surface area contributed by atoms with Crippen molar-refractivity contribution in [3.63, 3.8) is 0 Å². The summed E-state index contributed by atoms with van der Waals surface area (Å²) in [6, 6.07) is 13.7. The van der Waals surface area contributed by atoms with E-state index in [1.807, 2.05) is 18.2 Å². The predicted octanol–water partition coefficient (Wildman–Crippen LogP) is 6.88. The lowest BCUT2D eigenvalue weighted by atomic mass is 9.78. The molecule has 0 aliphatic heterocycles. The van der Waals surface area contributed by atoms with Gasteiger partial charge >= 0.3 is 5.97 Å². The fourth-order valence-electron chi connectivity index (χ4n) is 6.11. The number of carbonyl (C=O) groups is 1. The number of aryl methyl sites for hydroxylation is 1. The molecule has 3 aromatic rings. The van der Waals surface area contributed by atoms with Crippen LogP contribution in [0.1, 0.15) is 68.4 Å². The first kappa shape index (κ1) is 25.4. The van der Waals surface area contributed by atoms with Crippen LogP contribution in [0.25, 0.3) is 11.1 Å². The smallest absolute Gasteiger partial charge is 0.307 e. The standard InChI is InChI=1S/C31H34FNO4/c1-30(2,3)28(36-4)25-12-19(7-10-24(25)21-13-22(32)17-33-16-21)18-37-23-9-8-20-6-5-11-31(26(20)14-23)15-27(31)29(34)35/h7-10,12-14,16-17,27-28H,5-6,11,15,18H2,1-4H3,(H,34,35)/t27-,28-,31-/m1/s1. The van der Waals surface area contributed by atoms with Crippen molar-refractivity contribution in [2.45, 2.75) is 64.6 Å². The molecule has 2 aliphatic carbocycles. The fourth-order valence-corrected chi connectivity index (χ4v) is 6.11. The summed E-state index contributed by atoms with van der Waals surface area (Å²) in [5, 5.41) is 9.62. The van der Waals surface area contributed by atoms with E-state index in [1.165, 1.54) is 17.8 Å². The normalized spacial score (nSPS) is 21.4. The van der Waals surface area contributed by atoms with Gasteiger partial charge in [-0.25, -0.2) is 4.39 Å². The summed E-state index contributed by atoms with van der Waals surface area (Å²) in [6.07, 6.45) is 6.28. The molecule has 6 heteroatoms. The Hall–Kier alpha value is -3.25. The Balaban J connectivity index is 1.44. The number of carboxylic acid groups (broad SMARTS) is 1. The van der Waals surface area contributed by atoms with Crippen LogP contribution >= 0.6 is 0 Å². The molecule has 37 heavy (non-hydrogen) atoms. The SMILES string of the molecule is CO[C@H](c1cc(COc2ccc3c(c2)[C@@]2(CCC3)C[C@@H]2C(=O)O)ccc1-c1cncc(F)c1)C(C)(C)C. The lowest BCUT2D eigenvalue weighted by Gasteiger charge is -2.31. The third kappa shape index (κ3) is 4.87. The molecule has 1 spiro atoms. The Labute approximate surface area is 217 Å². The van der Waals surface area contributed by atoms with Crippen molar-refractivity contribution in [3.05, 3.63) is 82.9 Å². The number of pyridine rings is 1. The molecule has 2 aromatic carbocycles. The number of nitrogens with zero attached hydrogens (tertiary/aromatic N) is 1. The number of hydrogen-bond acceptors (Lipinski definition) is 4. The van der Waals surface area contributed by atoms with Gasteiger partial charge in [-0.1, -0.05) is 39.0 Å². The number of hydrogen-bond donors (Lipinski definition) is 1. The summed E-state index contributed by atoms with van der Waals surface area (Å²) in [5.41, 5.74) is 5.46. The molecule has 1 aromatic heterocycles. The number of aromatic nitrogens is 1. The maximum Gasteiger partial charge on any atom is 0.307 e. The van der Waals surface area contributed by atoms with E-state index in [9.17, 15) is 14.3 Å². The van der Waals surface area contributed by atoms with Crippen LogP contribution in [0.3, 0.4) is 0 Å². The minimum absolute atomic E-state index is 0.193. The van der Waals surface area contributed by atoms with Crippen molar-refractivity contribution >= 4 is 5.97 Å². The molecule has 1 N–H and O–H groups in total. The largest absolute Gasteiger partial charge is 0.489 e. The third-order valence-corrected chi connectivity index (χ3v) is 7.90. The lowest BCUT2D eigenvalue weighted by molar-refractivity contribution is -0.139. The van der Waals surface area contributed by atoms with E-state index < -0.39 is 5.97 Å². The van der Waals surface area contributed by atoms with Gasteiger partial charge < -0.3 is 14.6 Å². The van der Waals surface area contributed by atoms with Crippen LogP contribution in [-0.4, -0.2) is 23.2 Å². The number of rotatable bonds is 7. The zero-order chi connectivity index (χ0) is 26.4. The Morgan fingerprint density at radius 3 is 2.68 bits per heavy atom. The average molecular weight is 504 g/mol. The van der Waals surface area contributed by atoms with Gasteiger partial charge in [0.15, 0.2) is 0 Å². The highest BCUT2D eigenvalue weighted by molar-refractivity contribution is 5.78. The number of carboxylic acids is 1. The van der Waals surface area contributed by atoms with Crippen molar-refractivity contribution in [2.75, 3.05) is 7.11 Å². The minimum atomic E-state index is -0.702. The molecule has 3 atom stereocenters. The van der Waals surface area contributed by atoms with Crippen LogP contribution in [-0.2, 0) is 28.0 Å². The van der Waals surface area contributed by atoms with E-state index in [-0.39, 0.29) is 28.7 Å². The highest BCUT2D eigenvalue weighted by Gasteiger charge is 2.60. The van der Waals surface area contributed by atoms with E-state index in [2.05, 4.69) is 44.0 Å². The van der Waals surface area contributed by atoms with Gasteiger partial charge in [-0.05, 0) is 83.2 Å². The van der Waals surface area contributed by atoms with Gasteiger partial charge in [-0.15, -0.1) is 0 Å². The zero-order valence-electron chi connectivity index (χ0n) is 21.9.